The van der Waals surface area contributed by atoms with Gasteiger partial charge in [-0.1, -0.05) is 43.7 Å². The fourth-order valence-electron chi connectivity index (χ4n) is 2.57. The van der Waals surface area contributed by atoms with Crippen LogP contribution in [-0.4, -0.2) is 18.3 Å². The average Bonchev–Trinajstić information content (AvgIpc) is 2.58. The molecule has 0 saturated carbocycles. The Morgan fingerprint density at radius 2 is 1.60 bits per heavy atom. The quantitative estimate of drug-likeness (QED) is 0.718. The standard InChI is InChI=1S/C19H24NO3PS/c1-14-4-8-16(9-5-14)20-18(15-6-10-17(21)11-7-15)24(25)22-12-19(2,3)13-23-24/h4-11,18,20-21H,12-13H2,1-3H3/t18-/m0/s1. The maximum Gasteiger partial charge on any atom is 0.215 e. The van der Waals surface area contributed by atoms with Crippen LogP contribution in [0, 0.1) is 12.3 Å². The van der Waals surface area contributed by atoms with Gasteiger partial charge in [0.15, 0.2) is 0 Å². The van der Waals surface area contributed by atoms with Gasteiger partial charge in [-0.25, -0.2) is 0 Å². The Morgan fingerprint density at radius 3 is 2.16 bits per heavy atom. The molecule has 2 aromatic carbocycles. The Balaban J connectivity index is 1.92. The predicted octanol–water partition coefficient (Wildman–Crippen LogP) is 5.19. The fourth-order valence-corrected chi connectivity index (χ4v) is 5.68. The highest BCUT2D eigenvalue weighted by atomic mass is 32.5. The number of nitrogens with one attached hydrogen (secondary N) is 1. The van der Waals surface area contributed by atoms with Crippen LogP contribution >= 0.6 is 6.49 Å². The topological polar surface area (TPSA) is 50.7 Å². The van der Waals surface area contributed by atoms with Crippen molar-refractivity contribution >= 4 is 24.0 Å². The molecular formula is C19H24NO3PS. The molecule has 25 heavy (non-hydrogen) atoms. The van der Waals surface area contributed by atoms with Crippen molar-refractivity contribution in [1.29, 1.82) is 0 Å². The van der Waals surface area contributed by atoms with Gasteiger partial charge in [0, 0.05) is 11.1 Å². The largest absolute Gasteiger partial charge is 0.508 e. The third-order valence-corrected chi connectivity index (χ3v) is 7.45. The van der Waals surface area contributed by atoms with Crippen LogP contribution in [0.4, 0.5) is 5.69 Å². The molecule has 3 rings (SSSR count). The van der Waals surface area contributed by atoms with Gasteiger partial charge in [-0.3, -0.25) is 0 Å². The summed E-state index contributed by atoms with van der Waals surface area (Å²) in [7, 11) is 0. The summed E-state index contributed by atoms with van der Waals surface area (Å²) < 4.78 is 12.2. The fraction of sp³-hybridized carbons (Fsp3) is 0.368. The molecule has 0 spiro atoms. The molecule has 2 N–H and O–H groups in total. The van der Waals surface area contributed by atoms with Crippen LogP contribution in [0.2, 0.25) is 0 Å². The molecule has 0 radical (unpaired) electrons. The lowest BCUT2D eigenvalue weighted by Crippen LogP contribution is -2.31. The van der Waals surface area contributed by atoms with Crippen molar-refractivity contribution < 1.29 is 14.2 Å². The van der Waals surface area contributed by atoms with E-state index in [-0.39, 0.29) is 16.9 Å². The lowest BCUT2D eigenvalue weighted by atomic mass is 9.97. The third kappa shape index (κ3) is 4.42. The Kier molecular flexibility index (Phi) is 5.21. The molecule has 2 aromatic rings. The molecule has 1 fully saturated rings. The van der Waals surface area contributed by atoms with Crippen molar-refractivity contribution in [3.63, 3.8) is 0 Å². The molecule has 0 unspecified atom stereocenters. The van der Waals surface area contributed by atoms with E-state index in [1.807, 2.05) is 24.3 Å². The molecule has 0 aromatic heterocycles. The zero-order chi connectivity index (χ0) is 18.1. The summed E-state index contributed by atoms with van der Waals surface area (Å²) in [6.45, 7) is 4.84. The second kappa shape index (κ2) is 7.08. The summed E-state index contributed by atoms with van der Waals surface area (Å²) in [5.74, 6) is -0.0527. The monoisotopic (exact) mass is 377 g/mol. The summed E-state index contributed by atoms with van der Waals surface area (Å²) >= 11 is 5.86. The smallest absolute Gasteiger partial charge is 0.215 e. The molecule has 1 atom stereocenters. The Bertz CT molecular complexity index is 760. The summed E-state index contributed by atoms with van der Waals surface area (Å²) in [4.78, 5) is 0. The molecule has 4 nitrogen and oxygen atoms in total. The Labute approximate surface area is 154 Å². The third-order valence-electron chi connectivity index (χ3n) is 4.15. The Morgan fingerprint density at radius 1 is 1.04 bits per heavy atom. The van der Waals surface area contributed by atoms with E-state index in [0.29, 0.717) is 13.2 Å². The second-order valence-electron chi connectivity index (χ2n) is 7.26. The molecule has 0 aliphatic carbocycles. The lowest BCUT2D eigenvalue weighted by Gasteiger charge is -2.40. The van der Waals surface area contributed by atoms with Gasteiger partial charge in [-0.15, -0.1) is 0 Å². The Hall–Kier alpha value is -1.39. The zero-order valence-electron chi connectivity index (χ0n) is 14.7. The van der Waals surface area contributed by atoms with Gasteiger partial charge in [0.25, 0.3) is 0 Å². The van der Waals surface area contributed by atoms with E-state index >= 15 is 0 Å². The van der Waals surface area contributed by atoms with Gasteiger partial charge < -0.3 is 19.5 Å². The molecule has 1 aliphatic rings. The maximum absolute atomic E-state index is 9.60. The van der Waals surface area contributed by atoms with E-state index in [1.54, 1.807) is 12.1 Å². The molecule has 134 valence electrons. The van der Waals surface area contributed by atoms with Crippen LogP contribution in [0.1, 0.15) is 30.8 Å². The second-order valence-corrected chi connectivity index (χ2v) is 10.9. The van der Waals surface area contributed by atoms with Crippen molar-refractivity contribution in [2.24, 2.45) is 5.41 Å². The van der Waals surface area contributed by atoms with Crippen LogP contribution < -0.4 is 5.32 Å². The molecule has 0 bridgehead atoms. The minimum Gasteiger partial charge on any atom is -0.508 e. The number of anilines is 1. The van der Waals surface area contributed by atoms with E-state index in [9.17, 15) is 5.11 Å². The average molecular weight is 377 g/mol. The van der Waals surface area contributed by atoms with Gasteiger partial charge in [0.1, 0.15) is 11.5 Å². The van der Waals surface area contributed by atoms with Crippen LogP contribution in [0.3, 0.4) is 0 Å². The predicted molar refractivity (Wildman–Crippen MR) is 106 cm³/mol. The number of hydrogen-bond acceptors (Lipinski definition) is 5. The lowest BCUT2D eigenvalue weighted by molar-refractivity contribution is 0.0579. The number of aromatic hydroxyl groups is 1. The van der Waals surface area contributed by atoms with E-state index < -0.39 is 6.49 Å². The minimum atomic E-state index is -2.58. The summed E-state index contributed by atoms with van der Waals surface area (Å²) in [6, 6.07) is 15.2. The molecular weight excluding hydrogens is 353 g/mol. The van der Waals surface area contributed by atoms with Crippen molar-refractivity contribution in [3.05, 3.63) is 59.7 Å². The number of phenols is 1. The van der Waals surface area contributed by atoms with Crippen LogP contribution in [0.25, 0.3) is 0 Å². The SMILES string of the molecule is Cc1ccc(N[C@H](c2ccc(O)cc2)P2(=S)OCC(C)(C)CO2)cc1. The summed E-state index contributed by atoms with van der Waals surface area (Å²) in [5, 5.41) is 13.1. The van der Waals surface area contributed by atoms with Gasteiger partial charge >= 0.3 is 0 Å². The maximum atomic E-state index is 9.60. The van der Waals surface area contributed by atoms with Gasteiger partial charge in [-0.05, 0) is 48.6 Å². The van der Waals surface area contributed by atoms with Gasteiger partial charge in [0.05, 0.1) is 13.2 Å². The van der Waals surface area contributed by atoms with Crippen LogP contribution in [0.5, 0.6) is 5.75 Å². The van der Waals surface area contributed by atoms with Crippen molar-refractivity contribution in [2.45, 2.75) is 26.6 Å². The zero-order valence-corrected chi connectivity index (χ0v) is 16.4. The van der Waals surface area contributed by atoms with Gasteiger partial charge in [-0.2, -0.15) is 0 Å². The number of hydrogen-bond donors (Lipinski definition) is 2. The normalized spacial score (nSPS) is 20.0. The summed E-state index contributed by atoms with van der Waals surface area (Å²) in [5.41, 5.74) is 3.07. The first-order chi connectivity index (χ1) is 11.8. The highest BCUT2D eigenvalue weighted by Gasteiger charge is 2.40. The minimum absolute atomic E-state index is 0.0360. The number of phenolic OH excluding ortho intramolecular Hbond substituents is 1. The first-order valence-corrected chi connectivity index (χ1v) is 11.0. The van der Waals surface area contributed by atoms with Crippen LogP contribution in [-0.2, 0) is 20.9 Å². The molecule has 1 saturated heterocycles. The number of rotatable bonds is 4. The number of benzene rings is 2. The number of aryl methyl sites for hydroxylation is 1. The summed E-state index contributed by atoms with van der Waals surface area (Å²) in [6.07, 6.45) is 0. The van der Waals surface area contributed by atoms with E-state index in [0.717, 1.165) is 11.3 Å². The van der Waals surface area contributed by atoms with Crippen LogP contribution in [0.15, 0.2) is 48.5 Å². The van der Waals surface area contributed by atoms with E-state index in [2.05, 4.69) is 38.2 Å². The van der Waals surface area contributed by atoms with E-state index in [1.165, 1.54) is 5.56 Å². The van der Waals surface area contributed by atoms with Crippen molar-refractivity contribution in [2.75, 3.05) is 18.5 Å². The first kappa shape index (κ1) is 18.4. The first-order valence-electron chi connectivity index (χ1n) is 8.28. The molecule has 0 amide bonds. The van der Waals surface area contributed by atoms with E-state index in [4.69, 9.17) is 20.9 Å². The molecule has 6 heteroatoms. The highest BCUT2D eigenvalue weighted by molar-refractivity contribution is 8.10. The highest BCUT2D eigenvalue weighted by Crippen LogP contribution is 2.64. The van der Waals surface area contributed by atoms with Crippen molar-refractivity contribution in [3.8, 4) is 5.75 Å². The van der Waals surface area contributed by atoms with Gasteiger partial charge in [0.2, 0.25) is 6.49 Å². The molecule has 1 heterocycles. The van der Waals surface area contributed by atoms with Crippen molar-refractivity contribution in [1.82, 2.24) is 0 Å². The molecule has 1 aliphatic heterocycles.